The second-order valence-electron chi connectivity index (χ2n) is 3.40. The summed E-state index contributed by atoms with van der Waals surface area (Å²) in [6.45, 7) is 5.53. The molecule has 6 nitrogen and oxygen atoms in total. The highest BCUT2D eigenvalue weighted by molar-refractivity contribution is 7.92. The molecule has 0 spiro atoms. The van der Waals surface area contributed by atoms with Crippen LogP contribution in [0.25, 0.3) is 0 Å². The fourth-order valence-electron chi connectivity index (χ4n) is 0.519. The van der Waals surface area contributed by atoms with E-state index in [1.807, 2.05) is 13.8 Å². The molecule has 0 aromatic carbocycles. The van der Waals surface area contributed by atoms with Gasteiger partial charge in [0.2, 0.25) is 0 Å². The lowest BCUT2D eigenvalue weighted by Crippen LogP contribution is -2.28. The largest absolute Gasteiger partial charge is 0.481 e. The first-order chi connectivity index (χ1) is 7.34. The van der Waals surface area contributed by atoms with E-state index in [1.165, 1.54) is 6.92 Å². The smallest absolute Gasteiger partial charge is 0.303 e. The van der Waals surface area contributed by atoms with Crippen LogP contribution in [-0.2, 0) is 4.79 Å². The second-order valence-corrected chi connectivity index (χ2v) is 3.93. The van der Waals surface area contributed by atoms with Gasteiger partial charge in [0.1, 0.15) is 5.84 Å². The molecule has 0 aromatic heterocycles. The van der Waals surface area contributed by atoms with Crippen LogP contribution in [0.1, 0.15) is 33.6 Å². The molecule has 0 amide bonds. The molecule has 0 rings (SSSR count). The summed E-state index contributed by atoms with van der Waals surface area (Å²) in [5.74, 6) is 9.72. The lowest BCUT2D eigenvalue weighted by atomic mass is 10.1. The number of nitrogens with two attached hydrogens (primary N) is 2. The minimum Gasteiger partial charge on any atom is -0.481 e. The average molecular weight is 254 g/mol. The van der Waals surface area contributed by atoms with E-state index in [1.54, 1.807) is 0 Å². The molecule has 0 aliphatic rings. The van der Waals surface area contributed by atoms with Crippen molar-refractivity contribution in [2.75, 3.05) is 0 Å². The Balaban J connectivity index is 0. The van der Waals surface area contributed by atoms with Crippen LogP contribution in [0.2, 0.25) is 0 Å². The zero-order valence-corrected chi connectivity index (χ0v) is 10.5. The number of carboxylic acid groups (broad SMARTS) is 1. The van der Waals surface area contributed by atoms with Crippen LogP contribution in [0.5, 0.6) is 0 Å². The lowest BCUT2D eigenvalue weighted by Gasteiger charge is -2.07. The minimum atomic E-state index is -0.696. The Morgan fingerprint density at radius 1 is 1.62 bits per heavy atom. The molecule has 0 bridgehead atoms. The molecular formula is C8H19FN4O2S. The monoisotopic (exact) mass is 254 g/mol. The molecule has 5 N–H and O–H groups in total. The topological polar surface area (TPSA) is 105 Å². The van der Waals surface area contributed by atoms with Gasteiger partial charge in [-0.05, 0) is 19.3 Å². The zero-order chi connectivity index (χ0) is 13.1. The van der Waals surface area contributed by atoms with Crippen molar-refractivity contribution < 1.29 is 13.8 Å². The Labute approximate surface area is 99.3 Å². The van der Waals surface area contributed by atoms with E-state index < -0.39 is 5.97 Å². The Morgan fingerprint density at radius 3 is 2.25 bits per heavy atom. The summed E-state index contributed by atoms with van der Waals surface area (Å²) in [6.07, 6.45) is 1.09. The summed E-state index contributed by atoms with van der Waals surface area (Å²) >= 11 is -0.142. The van der Waals surface area contributed by atoms with Gasteiger partial charge in [-0.1, -0.05) is 13.8 Å². The van der Waals surface area contributed by atoms with Crippen molar-refractivity contribution in [3.8, 4) is 0 Å². The number of hydrogen-bond acceptors (Lipinski definition) is 5. The van der Waals surface area contributed by atoms with Gasteiger partial charge in [0.15, 0.2) is 12.3 Å². The zero-order valence-electron chi connectivity index (χ0n) is 9.68. The second kappa shape index (κ2) is 10.5. The van der Waals surface area contributed by atoms with Crippen LogP contribution >= 0.6 is 12.3 Å². The van der Waals surface area contributed by atoms with Crippen LogP contribution in [0, 0.1) is 5.92 Å². The van der Waals surface area contributed by atoms with Crippen molar-refractivity contribution >= 4 is 24.1 Å². The van der Waals surface area contributed by atoms with Gasteiger partial charge >= 0.3 is 5.97 Å². The van der Waals surface area contributed by atoms with Crippen molar-refractivity contribution in [2.24, 2.45) is 22.7 Å². The van der Waals surface area contributed by atoms with Crippen LogP contribution in [0.15, 0.2) is 5.10 Å². The standard InChI is InChI=1S/C6H12O2.C2H7FN4S/c1-5(2)3-4-6(7)8;1-2(6-4)7(5)8-3/h5H,3-4H2,1-2H3,(H,7,8);4-5H2,1H3/b;6-2-. The van der Waals surface area contributed by atoms with Gasteiger partial charge in [0.25, 0.3) is 0 Å². The Hall–Kier alpha value is -1.02. The summed E-state index contributed by atoms with van der Waals surface area (Å²) in [4.78, 5) is 9.90. The number of rotatable bonds is 4. The number of aliphatic carboxylic acids is 1. The Morgan fingerprint density at radius 2 is 2.12 bits per heavy atom. The molecule has 96 valence electrons. The van der Waals surface area contributed by atoms with Crippen molar-refractivity contribution in [1.29, 1.82) is 0 Å². The first-order valence-electron chi connectivity index (χ1n) is 4.64. The molecule has 0 atom stereocenters. The quantitative estimate of drug-likeness (QED) is 0.231. The van der Waals surface area contributed by atoms with E-state index in [9.17, 15) is 8.68 Å². The number of amidine groups is 1. The van der Waals surface area contributed by atoms with Gasteiger partial charge in [0.05, 0.1) is 0 Å². The Bertz CT molecular complexity index is 226. The number of hydrogen-bond donors (Lipinski definition) is 3. The molecule has 0 aliphatic carbocycles. The molecule has 0 aliphatic heterocycles. The van der Waals surface area contributed by atoms with Crippen LogP contribution < -0.4 is 11.7 Å². The van der Waals surface area contributed by atoms with E-state index in [4.69, 9.17) is 16.8 Å². The summed E-state index contributed by atoms with van der Waals surface area (Å²) in [5.41, 5.74) is 0. The van der Waals surface area contributed by atoms with Crippen molar-refractivity contribution in [3.63, 3.8) is 0 Å². The van der Waals surface area contributed by atoms with Crippen molar-refractivity contribution in [3.05, 3.63) is 0 Å². The van der Waals surface area contributed by atoms with Crippen molar-refractivity contribution in [2.45, 2.75) is 33.6 Å². The number of carbonyl (C=O) groups is 1. The molecule has 0 fully saturated rings. The van der Waals surface area contributed by atoms with Gasteiger partial charge in [-0.25, -0.2) is 10.3 Å². The maximum atomic E-state index is 11.4. The number of hydrazone groups is 1. The van der Waals surface area contributed by atoms with E-state index in [-0.39, 0.29) is 18.2 Å². The molecule has 0 aromatic rings. The predicted octanol–water partition coefficient (Wildman–Crippen LogP) is 1.49. The van der Waals surface area contributed by atoms with E-state index in [0.717, 1.165) is 10.8 Å². The maximum absolute atomic E-state index is 11.4. The third-order valence-electron chi connectivity index (χ3n) is 1.52. The summed E-state index contributed by atoms with van der Waals surface area (Å²) in [6, 6.07) is 0. The van der Waals surface area contributed by atoms with Gasteiger partial charge in [-0.15, -0.1) is 3.89 Å². The van der Waals surface area contributed by atoms with E-state index >= 15 is 0 Å². The minimum absolute atomic E-state index is 0.142. The SMILES string of the molecule is C/C(=N/N)N(N)SF.CC(C)CCC(=O)O. The maximum Gasteiger partial charge on any atom is 0.303 e. The van der Waals surface area contributed by atoms with Crippen LogP contribution in [0.3, 0.4) is 0 Å². The molecule has 0 heterocycles. The molecule has 0 saturated carbocycles. The Kier molecular flexibility index (Phi) is 11.4. The van der Waals surface area contributed by atoms with Crippen LogP contribution in [-0.4, -0.2) is 21.3 Å². The molecular weight excluding hydrogens is 235 g/mol. The molecule has 0 radical (unpaired) electrons. The summed E-state index contributed by atoms with van der Waals surface area (Å²) in [5, 5.41) is 11.3. The highest BCUT2D eigenvalue weighted by Crippen LogP contribution is 2.03. The molecule has 8 heteroatoms. The summed E-state index contributed by atoms with van der Waals surface area (Å²) in [7, 11) is 0. The van der Waals surface area contributed by atoms with Crippen molar-refractivity contribution in [1.82, 2.24) is 4.41 Å². The third kappa shape index (κ3) is 13.0. The summed E-state index contributed by atoms with van der Waals surface area (Å²) < 4.78 is 12.1. The average Bonchev–Trinajstić information content (AvgIpc) is 2.25. The van der Waals surface area contributed by atoms with Gasteiger partial charge < -0.3 is 10.9 Å². The number of carboxylic acids is 1. The fraction of sp³-hybridized carbons (Fsp3) is 0.750. The lowest BCUT2D eigenvalue weighted by molar-refractivity contribution is -0.137. The molecule has 16 heavy (non-hydrogen) atoms. The third-order valence-corrected chi connectivity index (χ3v) is 1.93. The first-order valence-corrected chi connectivity index (χ1v) is 5.32. The normalized spacial score (nSPS) is 10.8. The van der Waals surface area contributed by atoms with E-state index in [0.29, 0.717) is 12.3 Å². The number of halogens is 1. The fourth-order valence-corrected chi connectivity index (χ4v) is 0.666. The van der Waals surface area contributed by atoms with Crippen LogP contribution in [0.4, 0.5) is 3.89 Å². The molecule has 0 saturated heterocycles. The van der Waals surface area contributed by atoms with Gasteiger partial charge in [0, 0.05) is 6.42 Å². The highest BCUT2D eigenvalue weighted by Gasteiger charge is 1.98. The van der Waals surface area contributed by atoms with E-state index in [2.05, 4.69) is 5.10 Å². The van der Waals surface area contributed by atoms with Gasteiger partial charge in [-0.3, -0.25) is 4.79 Å². The number of nitrogens with zero attached hydrogens (tertiary/aromatic N) is 2. The first kappa shape index (κ1) is 17.4. The van der Waals surface area contributed by atoms with Gasteiger partial charge in [-0.2, -0.15) is 5.10 Å². The number of hydrazine groups is 1. The molecule has 0 unspecified atom stereocenters. The predicted molar refractivity (Wildman–Crippen MR) is 63.7 cm³/mol. The highest BCUT2D eigenvalue weighted by atomic mass is 32.2.